The maximum atomic E-state index is 5.83. The van der Waals surface area contributed by atoms with Crippen molar-refractivity contribution < 1.29 is 0 Å². The van der Waals surface area contributed by atoms with Crippen LogP contribution < -0.4 is 11.1 Å². The summed E-state index contributed by atoms with van der Waals surface area (Å²) in [6.07, 6.45) is 0.903. The van der Waals surface area contributed by atoms with Crippen LogP contribution in [0.2, 0.25) is 5.02 Å². The van der Waals surface area contributed by atoms with E-state index in [2.05, 4.69) is 15.3 Å². The molecule has 1 aromatic carbocycles. The molecule has 1 aromatic heterocycles. The van der Waals surface area contributed by atoms with Gasteiger partial charge in [-0.3, -0.25) is 0 Å². The molecule has 0 aliphatic carbocycles. The number of hydrogen-bond acceptors (Lipinski definition) is 4. The first kappa shape index (κ1) is 12.6. The van der Waals surface area contributed by atoms with Gasteiger partial charge >= 0.3 is 0 Å². The average Bonchev–Trinajstić information content (AvgIpc) is 2.30. The zero-order chi connectivity index (χ0) is 13.0. The van der Waals surface area contributed by atoms with Gasteiger partial charge in [0.05, 0.1) is 0 Å². The largest absolute Gasteiger partial charge is 0.384 e. The van der Waals surface area contributed by atoms with Crippen molar-refractivity contribution in [2.75, 3.05) is 17.6 Å². The molecule has 0 atom stereocenters. The fourth-order valence-corrected chi connectivity index (χ4v) is 1.79. The van der Waals surface area contributed by atoms with Crippen molar-refractivity contribution in [3.8, 4) is 0 Å². The summed E-state index contributed by atoms with van der Waals surface area (Å²) >= 11 is 5.83. The lowest BCUT2D eigenvalue weighted by atomic mass is 10.1. The Labute approximate surface area is 111 Å². The van der Waals surface area contributed by atoms with Crippen molar-refractivity contribution in [1.29, 1.82) is 0 Å². The fourth-order valence-electron chi connectivity index (χ4n) is 1.67. The summed E-state index contributed by atoms with van der Waals surface area (Å²) in [5, 5.41) is 3.98. The van der Waals surface area contributed by atoms with E-state index in [1.165, 1.54) is 5.56 Å². The van der Waals surface area contributed by atoms with E-state index in [4.69, 9.17) is 17.3 Å². The normalized spacial score (nSPS) is 10.3. The molecule has 1 heterocycles. The molecule has 2 aromatic rings. The number of nitrogens with two attached hydrogens (primary N) is 1. The number of aryl methyl sites for hydroxylation is 1. The second kappa shape index (κ2) is 5.69. The third-order valence-corrected chi connectivity index (χ3v) is 2.74. The molecule has 94 valence electrons. The summed E-state index contributed by atoms with van der Waals surface area (Å²) in [6, 6.07) is 9.55. The van der Waals surface area contributed by atoms with Gasteiger partial charge in [-0.2, -0.15) is 0 Å². The molecular formula is C13H15ClN4. The molecule has 0 aliphatic heterocycles. The molecule has 0 bridgehead atoms. The fraction of sp³-hybridized carbons (Fsp3) is 0.231. The summed E-state index contributed by atoms with van der Waals surface area (Å²) in [6.45, 7) is 2.61. The van der Waals surface area contributed by atoms with Crippen LogP contribution in [0.3, 0.4) is 0 Å². The standard InChI is InChI=1S/C13H15ClN4/c1-9-17-12(15)8-13(18-9)16-7-6-10-2-4-11(14)5-3-10/h2-5,8H,6-7H2,1H3,(H3,15,16,17,18). The molecule has 4 nitrogen and oxygen atoms in total. The first-order valence-electron chi connectivity index (χ1n) is 5.73. The summed E-state index contributed by atoms with van der Waals surface area (Å²) in [7, 11) is 0. The first-order valence-corrected chi connectivity index (χ1v) is 6.11. The molecule has 0 saturated heterocycles. The van der Waals surface area contributed by atoms with Crippen LogP contribution in [0.5, 0.6) is 0 Å². The van der Waals surface area contributed by atoms with Gasteiger partial charge in [0, 0.05) is 17.6 Å². The highest BCUT2D eigenvalue weighted by Gasteiger charge is 1.99. The number of rotatable bonds is 4. The van der Waals surface area contributed by atoms with Gasteiger partial charge in [0.2, 0.25) is 0 Å². The van der Waals surface area contributed by atoms with Crippen molar-refractivity contribution in [3.05, 3.63) is 46.7 Å². The molecule has 0 spiro atoms. The predicted octanol–water partition coefficient (Wildman–Crippen LogP) is 2.68. The van der Waals surface area contributed by atoms with E-state index in [0.717, 1.165) is 23.8 Å². The number of aromatic nitrogens is 2. The maximum absolute atomic E-state index is 5.83. The van der Waals surface area contributed by atoms with Crippen LogP contribution in [0.1, 0.15) is 11.4 Å². The van der Waals surface area contributed by atoms with E-state index in [9.17, 15) is 0 Å². The van der Waals surface area contributed by atoms with Crippen LogP contribution in [0, 0.1) is 6.92 Å². The van der Waals surface area contributed by atoms with Crippen molar-refractivity contribution in [2.45, 2.75) is 13.3 Å². The Bertz CT molecular complexity index is 505. The number of hydrogen-bond donors (Lipinski definition) is 2. The summed E-state index contributed by atoms with van der Waals surface area (Å²) in [5.41, 5.74) is 6.88. The Hall–Kier alpha value is -1.81. The Kier molecular flexibility index (Phi) is 3.99. The van der Waals surface area contributed by atoms with E-state index >= 15 is 0 Å². The van der Waals surface area contributed by atoms with Gasteiger partial charge in [0.15, 0.2) is 0 Å². The molecule has 0 aliphatic rings. The lowest BCUT2D eigenvalue weighted by Crippen LogP contribution is -2.08. The van der Waals surface area contributed by atoms with Crippen LogP contribution in [-0.2, 0) is 6.42 Å². The first-order chi connectivity index (χ1) is 8.63. The molecule has 0 fully saturated rings. The van der Waals surface area contributed by atoms with Gasteiger partial charge in [-0.05, 0) is 31.0 Å². The maximum Gasteiger partial charge on any atom is 0.131 e. The monoisotopic (exact) mass is 262 g/mol. The molecule has 0 amide bonds. The number of nitrogen functional groups attached to an aromatic ring is 1. The predicted molar refractivity (Wildman–Crippen MR) is 74.8 cm³/mol. The van der Waals surface area contributed by atoms with Crippen molar-refractivity contribution >= 4 is 23.2 Å². The van der Waals surface area contributed by atoms with Crippen LogP contribution in [0.4, 0.5) is 11.6 Å². The van der Waals surface area contributed by atoms with Crippen molar-refractivity contribution in [3.63, 3.8) is 0 Å². The van der Waals surface area contributed by atoms with Crippen LogP contribution >= 0.6 is 11.6 Å². The molecule has 0 radical (unpaired) electrons. The number of nitrogens with zero attached hydrogens (tertiary/aromatic N) is 2. The number of halogens is 1. The second-order valence-corrected chi connectivity index (χ2v) is 4.46. The van der Waals surface area contributed by atoms with Gasteiger partial charge in [0.25, 0.3) is 0 Å². The molecule has 0 saturated carbocycles. The minimum absolute atomic E-state index is 0.483. The number of anilines is 2. The molecule has 18 heavy (non-hydrogen) atoms. The molecule has 2 rings (SSSR count). The van der Waals surface area contributed by atoms with Gasteiger partial charge in [-0.1, -0.05) is 23.7 Å². The van der Waals surface area contributed by atoms with Crippen LogP contribution in [-0.4, -0.2) is 16.5 Å². The summed E-state index contributed by atoms with van der Waals surface area (Å²) in [4.78, 5) is 8.28. The smallest absolute Gasteiger partial charge is 0.131 e. The molecular weight excluding hydrogens is 248 g/mol. The van der Waals surface area contributed by atoms with Gasteiger partial charge in [-0.25, -0.2) is 9.97 Å². The minimum Gasteiger partial charge on any atom is -0.384 e. The van der Waals surface area contributed by atoms with Crippen LogP contribution in [0.15, 0.2) is 30.3 Å². The lowest BCUT2D eigenvalue weighted by molar-refractivity contribution is 0.984. The number of benzene rings is 1. The van der Waals surface area contributed by atoms with E-state index in [-0.39, 0.29) is 0 Å². The Morgan fingerprint density at radius 2 is 1.94 bits per heavy atom. The number of nitrogens with one attached hydrogen (secondary N) is 1. The van der Waals surface area contributed by atoms with Gasteiger partial charge < -0.3 is 11.1 Å². The Morgan fingerprint density at radius 1 is 1.22 bits per heavy atom. The quantitative estimate of drug-likeness (QED) is 0.889. The van der Waals surface area contributed by atoms with E-state index in [1.54, 1.807) is 6.07 Å². The highest BCUT2D eigenvalue weighted by atomic mass is 35.5. The Morgan fingerprint density at radius 3 is 2.61 bits per heavy atom. The molecule has 5 heteroatoms. The lowest BCUT2D eigenvalue weighted by Gasteiger charge is -2.07. The molecule has 0 unspecified atom stereocenters. The Balaban J connectivity index is 1.90. The highest BCUT2D eigenvalue weighted by Crippen LogP contribution is 2.11. The van der Waals surface area contributed by atoms with Crippen molar-refractivity contribution in [1.82, 2.24) is 9.97 Å². The SMILES string of the molecule is Cc1nc(N)cc(NCCc2ccc(Cl)cc2)n1. The van der Waals surface area contributed by atoms with Crippen molar-refractivity contribution in [2.24, 2.45) is 0 Å². The second-order valence-electron chi connectivity index (χ2n) is 4.03. The van der Waals surface area contributed by atoms with E-state index in [0.29, 0.717) is 11.6 Å². The summed E-state index contributed by atoms with van der Waals surface area (Å²) in [5.74, 6) is 1.91. The minimum atomic E-state index is 0.483. The topological polar surface area (TPSA) is 63.8 Å². The van der Waals surface area contributed by atoms with E-state index in [1.807, 2.05) is 31.2 Å². The summed E-state index contributed by atoms with van der Waals surface area (Å²) < 4.78 is 0. The zero-order valence-electron chi connectivity index (χ0n) is 10.2. The third-order valence-electron chi connectivity index (χ3n) is 2.49. The average molecular weight is 263 g/mol. The third kappa shape index (κ3) is 3.60. The highest BCUT2D eigenvalue weighted by molar-refractivity contribution is 6.30. The zero-order valence-corrected chi connectivity index (χ0v) is 10.9. The van der Waals surface area contributed by atoms with E-state index < -0.39 is 0 Å². The van der Waals surface area contributed by atoms with Gasteiger partial charge in [-0.15, -0.1) is 0 Å². The molecule has 3 N–H and O–H groups in total. The van der Waals surface area contributed by atoms with Crippen LogP contribution in [0.25, 0.3) is 0 Å². The van der Waals surface area contributed by atoms with Gasteiger partial charge in [0.1, 0.15) is 17.5 Å².